The van der Waals surface area contributed by atoms with E-state index in [0.29, 0.717) is 37.8 Å². The highest BCUT2D eigenvalue weighted by molar-refractivity contribution is 5.79. The summed E-state index contributed by atoms with van der Waals surface area (Å²) in [7, 11) is 0. The Balaban J connectivity index is 1.96. The standard InChI is InChI=1S/C10H16N4O3/c1-2-7-12-8(17-13-7)5-14-4-3-10(11,6-14)9(15)16/h2-6,11H2,1H3,(H,15,16). The molecule has 0 aliphatic carbocycles. The first-order valence-corrected chi connectivity index (χ1v) is 5.59. The molecule has 1 aliphatic rings. The lowest BCUT2D eigenvalue weighted by Crippen LogP contribution is -2.50. The van der Waals surface area contributed by atoms with Gasteiger partial charge in [0, 0.05) is 19.5 Å². The van der Waals surface area contributed by atoms with E-state index in [9.17, 15) is 4.79 Å². The van der Waals surface area contributed by atoms with Crippen molar-refractivity contribution < 1.29 is 14.4 Å². The number of nitrogens with two attached hydrogens (primary N) is 1. The lowest BCUT2D eigenvalue weighted by Gasteiger charge is -2.18. The summed E-state index contributed by atoms with van der Waals surface area (Å²) in [5, 5.41) is 12.8. The summed E-state index contributed by atoms with van der Waals surface area (Å²) in [6, 6.07) is 0. The van der Waals surface area contributed by atoms with Gasteiger partial charge in [0.05, 0.1) is 6.54 Å². The van der Waals surface area contributed by atoms with Crippen molar-refractivity contribution in [3.63, 3.8) is 0 Å². The van der Waals surface area contributed by atoms with Crippen LogP contribution in [0.1, 0.15) is 25.1 Å². The Morgan fingerprint density at radius 2 is 2.47 bits per heavy atom. The van der Waals surface area contributed by atoms with Crippen molar-refractivity contribution in [1.29, 1.82) is 0 Å². The van der Waals surface area contributed by atoms with E-state index in [1.807, 2.05) is 11.8 Å². The van der Waals surface area contributed by atoms with Crippen molar-refractivity contribution >= 4 is 5.97 Å². The molecule has 7 heteroatoms. The molecule has 1 saturated heterocycles. The molecule has 1 aromatic heterocycles. The van der Waals surface area contributed by atoms with Crippen molar-refractivity contribution in [3.8, 4) is 0 Å². The van der Waals surface area contributed by atoms with Crippen molar-refractivity contribution in [1.82, 2.24) is 15.0 Å². The molecule has 0 amide bonds. The summed E-state index contributed by atoms with van der Waals surface area (Å²) < 4.78 is 5.06. The third-order valence-electron chi connectivity index (χ3n) is 2.99. The maximum absolute atomic E-state index is 11.0. The van der Waals surface area contributed by atoms with Crippen LogP contribution in [0, 0.1) is 0 Å². The van der Waals surface area contributed by atoms with Crippen molar-refractivity contribution in [2.75, 3.05) is 13.1 Å². The van der Waals surface area contributed by atoms with Crippen molar-refractivity contribution in [2.24, 2.45) is 5.73 Å². The van der Waals surface area contributed by atoms with Gasteiger partial charge in [0.1, 0.15) is 5.54 Å². The molecule has 2 rings (SSSR count). The number of hydrogen-bond donors (Lipinski definition) is 2. The van der Waals surface area contributed by atoms with E-state index in [0.717, 1.165) is 6.42 Å². The highest BCUT2D eigenvalue weighted by atomic mass is 16.5. The van der Waals surface area contributed by atoms with Gasteiger partial charge < -0.3 is 15.4 Å². The second kappa shape index (κ2) is 4.42. The minimum Gasteiger partial charge on any atom is -0.480 e. The Labute approximate surface area is 98.6 Å². The van der Waals surface area contributed by atoms with Gasteiger partial charge in [0.2, 0.25) is 5.89 Å². The Kier molecular flexibility index (Phi) is 3.12. The number of nitrogens with zero attached hydrogens (tertiary/aromatic N) is 3. The number of hydrogen-bond acceptors (Lipinski definition) is 6. The largest absolute Gasteiger partial charge is 0.480 e. The molecule has 2 heterocycles. The molecule has 1 fully saturated rings. The topological polar surface area (TPSA) is 105 Å². The molecule has 1 aliphatic heterocycles. The molecule has 3 N–H and O–H groups in total. The first-order chi connectivity index (χ1) is 8.03. The number of carboxylic acid groups (broad SMARTS) is 1. The monoisotopic (exact) mass is 240 g/mol. The van der Waals surface area contributed by atoms with E-state index in [-0.39, 0.29) is 0 Å². The molecule has 1 unspecified atom stereocenters. The molecule has 17 heavy (non-hydrogen) atoms. The molecular formula is C10H16N4O3. The van der Waals surface area contributed by atoms with Crippen LogP contribution in [0.3, 0.4) is 0 Å². The van der Waals surface area contributed by atoms with Crippen LogP contribution >= 0.6 is 0 Å². The molecule has 0 radical (unpaired) electrons. The average molecular weight is 240 g/mol. The summed E-state index contributed by atoms with van der Waals surface area (Å²) >= 11 is 0. The molecule has 0 spiro atoms. The van der Waals surface area contributed by atoms with Gasteiger partial charge in [-0.05, 0) is 6.42 Å². The molecule has 94 valence electrons. The zero-order valence-electron chi connectivity index (χ0n) is 9.72. The number of rotatable bonds is 4. The molecule has 0 aromatic carbocycles. The third kappa shape index (κ3) is 2.45. The van der Waals surface area contributed by atoms with E-state index in [2.05, 4.69) is 10.1 Å². The second-order valence-corrected chi connectivity index (χ2v) is 4.38. The fourth-order valence-corrected chi connectivity index (χ4v) is 1.91. The Bertz CT molecular complexity index is 419. The minimum absolute atomic E-state index is 0.312. The summed E-state index contributed by atoms with van der Waals surface area (Å²) in [6.07, 6.45) is 1.16. The molecule has 1 atom stereocenters. The Hall–Kier alpha value is -1.47. The van der Waals surface area contributed by atoms with Gasteiger partial charge >= 0.3 is 5.97 Å². The van der Waals surface area contributed by atoms with Gasteiger partial charge in [-0.15, -0.1) is 0 Å². The SMILES string of the molecule is CCc1noc(CN2CCC(N)(C(=O)O)C2)n1. The smallest absolute Gasteiger partial charge is 0.325 e. The van der Waals surface area contributed by atoms with Crippen LogP contribution in [0.5, 0.6) is 0 Å². The van der Waals surface area contributed by atoms with Crippen LogP contribution in [0.15, 0.2) is 4.52 Å². The molecule has 0 bridgehead atoms. The van der Waals surface area contributed by atoms with E-state index >= 15 is 0 Å². The average Bonchev–Trinajstić information content (AvgIpc) is 2.87. The van der Waals surface area contributed by atoms with Gasteiger partial charge in [-0.25, -0.2) is 0 Å². The predicted octanol–water partition coefficient (Wildman–Crippen LogP) is -0.380. The van der Waals surface area contributed by atoms with Gasteiger partial charge in [-0.2, -0.15) is 4.98 Å². The van der Waals surface area contributed by atoms with Crippen molar-refractivity contribution in [2.45, 2.75) is 31.8 Å². The van der Waals surface area contributed by atoms with Gasteiger partial charge in [-0.1, -0.05) is 12.1 Å². The lowest BCUT2D eigenvalue weighted by atomic mass is 10.0. The van der Waals surface area contributed by atoms with E-state index < -0.39 is 11.5 Å². The van der Waals surface area contributed by atoms with Crippen LogP contribution < -0.4 is 5.73 Å². The summed E-state index contributed by atoms with van der Waals surface area (Å²) in [6.45, 7) is 3.35. The second-order valence-electron chi connectivity index (χ2n) is 4.38. The quantitative estimate of drug-likeness (QED) is 0.738. The van der Waals surface area contributed by atoms with Crippen LogP contribution in [0.4, 0.5) is 0 Å². The molecular weight excluding hydrogens is 224 g/mol. The van der Waals surface area contributed by atoms with Gasteiger partial charge in [-0.3, -0.25) is 9.69 Å². The fourth-order valence-electron chi connectivity index (χ4n) is 1.91. The highest BCUT2D eigenvalue weighted by Crippen LogP contribution is 2.20. The Morgan fingerprint density at radius 3 is 3.00 bits per heavy atom. The highest BCUT2D eigenvalue weighted by Gasteiger charge is 2.41. The maximum atomic E-state index is 11.0. The first kappa shape index (κ1) is 12.0. The normalized spacial score (nSPS) is 25.3. The summed E-state index contributed by atoms with van der Waals surface area (Å²) in [4.78, 5) is 17.1. The van der Waals surface area contributed by atoms with Crippen LogP contribution in [-0.2, 0) is 17.8 Å². The molecule has 1 aromatic rings. The lowest BCUT2D eigenvalue weighted by molar-refractivity contribution is -0.142. The number of aryl methyl sites for hydroxylation is 1. The van der Waals surface area contributed by atoms with E-state index in [1.165, 1.54) is 0 Å². The van der Waals surface area contributed by atoms with Gasteiger partial charge in [0.15, 0.2) is 5.82 Å². The fraction of sp³-hybridized carbons (Fsp3) is 0.700. The first-order valence-electron chi connectivity index (χ1n) is 5.59. The zero-order valence-corrected chi connectivity index (χ0v) is 9.72. The Morgan fingerprint density at radius 1 is 1.71 bits per heavy atom. The maximum Gasteiger partial charge on any atom is 0.325 e. The molecule has 0 saturated carbocycles. The number of carbonyl (C=O) groups is 1. The van der Waals surface area contributed by atoms with Crippen LogP contribution in [-0.4, -0.2) is 44.7 Å². The van der Waals surface area contributed by atoms with E-state index in [1.54, 1.807) is 0 Å². The number of likely N-dealkylation sites (tertiary alicyclic amines) is 1. The van der Waals surface area contributed by atoms with E-state index in [4.69, 9.17) is 15.4 Å². The zero-order chi connectivity index (χ0) is 12.5. The summed E-state index contributed by atoms with van der Waals surface area (Å²) in [5.74, 6) is 0.215. The number of carboxylic acids is 1. The minimum atomic E-state index is -1.15. The number of aliphatic carboxylic acids is 1. The molecule has 7 nitrogen and oxygen atoms in total. The third-order valence-corrected chi connectivity index (χ3v) is 2.99. The number of aromatic nitrogens is 2. The van der Waals surface area contributed by atoms with Crippen LogP contribution in [0.25, 0.3) is 0 Å². The predicted molar refractivity (Wildman–Crippen MR) is 58.1 cm³/mol. The van der Waals surface area contributed by atoms with Gasteiger partial charge in [0.25, 0.3) is 0 Å². The van der Waals surface area contributed by atoms with Crippen LogP contribution in [0.2, 0.25) is 0 Å². The summed E-state index contributed by atoms with van der Waals surface area (Å²) in [5.41, 5.74) is 4.62. The van der Waals surface area contributed by atoms with Crippen molar-refractivity contribution in [3.05, 3.63) is 11.7 Å².